The number of halogens is 1. The second kappa shape index (κ2) is 6.08. The highest BCUT2D eigenvalue weighted by Gasteiger charge is 2.29. The van der Waals surface area contributed by atoms with E-state index >= 15 is 0 Å². The van der Waals surface area contributed by atoms with Crippen molar-refractivity contribution < 1.29 is 9.13 Å². The van der Waals surface area contributed by atoms with E-state index in [2.05, 4.69) is 9.80 Å². The molecule has 2 N–H and O–H groups in total. The van der Waals surface area contributed by atoms with Crippen molar-refractivity contribution in [2.75, 3.05) is 44.3 Å². The van der Waals surface area contributed by atoms with E-state index in [4.69, 9.17) is 10.5 Å². The van der Waals surface area contributed by atoms with Gasteiger partial charge in [0.2, 0.25) is 0 Å². The Kier molecular flexibility index (Phi) is 4.19. The van der Waals surface area contributed by atoms with Gasteiger partial charge in [0.1, 0.15) is 5.82 Å². The van der Waals surface area contributed by atoms with E-state index in [1.807, 2.05) is 6.07 Å². The summed E-state index contributed by atoms with van der Waals surface area (Å²) < 4.78 is 19.0. The quantitative estimate of drug-likeness (QED) is 0.902. The van der Waals surface area contributed by atoms with Crippen molar-refractivity contribution >= 4 is 5.69 Å². The minimum Gasteiger partial charge on any atom is -0.379 e. The van der Waals surface area contributed by atoms with Crippen LogP contribution in [0.5, 0.6) is 0 Å². The van der Waals surface area contributed by atoms with E-state index in [0.717, 1.165) is 57.1 Å². The molecule has 2 aliphatic rings. The standard InChI is InChI=1S/C15H22FN3O/c16-13-7-12(10-17)8-15(9-13)19-2-1-14(11-19)18-3-5-20-6-4-18/h7-9,14H,1-6,10-11,17H2. The Hall–Kier alpha value is -1.17. The maximum Gasteiger partial charge on any atom is 0.125 e. The first-order valence-corrected chi connectivity index (χ1v) is 7.32. The van der Waals surface area contributed by atoms with Crippen molar-refractivity contribution in [2.45, 2.75) is 19.0 Å². The lowest BCUT2D eigenvalue weighted by molar-refractivity contribution is 0.0209. The Balaban J connectivity index is 1.68. The smallest absolute Gasteiger partial charge is 0.125 e. The number of anilines is 1. The first-order chi connectivity index (χ1) is 9.76. The van der Waals surface area contributed by atoms with Gasteiger partial charge in [-0.15, -0.1) is 0 Å². The molecule has 1 atom stereocenters. The number of hydrogen-bond acceptors (Lipinski definition) is 4. The van der Waals surface area contributed by atoms with Gasteiger partial charge in [-0.3, -0.25) is 4.90 Å². The van der Waals surface area contributed by atoms with Crippen molar-refractivity contribution in [3.05, 3.63) is 29.6 Å². The average Bonchev–Trinajstić information content (AvgIpc) is 2.97. The summed E-state index contributed by atoms with van der Waals surface area (Å²) in [5.74, 6) is -0.197. The van der Waals surface area contributed by atoms with Gasteiger partial charge in [-0.2, -0.15) is 0 Å². The molecule has 2 saturated heterocycles. The lowest BCUT2D eigenvalue weighted by Crippen LogP contribution is -2.44. The van der Waals surface area contributed by atoms with Crippen LogP contribution in [0.15, 0.2) is 18.2 Å². The fourth-order valence-corrected chi connectivity index (χ4v) is 3.15. The van der Waals surface area contributed by atoms with Gasteiger partial charge in [0, 0.05) is 44.5 Å². The molecule has 110 valence electrons. The van der Waals surface area contributed by atoms with Crippen LogP contribution in [-0.4, -0.2) is 50.3 Å². The van der Waals surface area contributed by atoms with Crippen LogP contribution in [-0.2, 0) is 11.3 Å². The Labute approximate surface area is 119 Å². The largest absolute Gasteiger partial charge is 0.379 e. The molecule has 1 aromatic carbocycles. The highest BCUT2D eigenvalue weighted by atomic mass is 19.1. The molecular formula is C15H22FN3O. The zero-order chi connectivity index (χ0) is 13.9. The number of nitrogens with zero attached hydrogens (tertiary/aromatic N) is 2. The summed E-state index contributed by atoms with van der Waals surface area (Å²) in [5, 5.41) is 0. The molecule has 0 radical (unpaired) electrons. The summed E-state index contributed by atoms with van der Waals surface area (Å²) in [6.45, 7) is 6.00. The third-order valence-electron chi connectivity index (χ3n) is 4.27. The first kappa shape index (κ1) is 13.8. The Morgan fingerprint density at radius 2 is 2.00 bits per heavy atom. The highest BCUT2D eigenvalue weighted by molar-refractivity contribution is 5.50. The molecule has 4 nitrogen and oxygen atoms in total. The summed E-state index contributed by atoms with van der Waals surface area (Å²) in [6.07, 6.45) is 1.13. The molecule has 0 amide bonds. The highest BCUT2D eigenvalue weighted by Crippen LogP contribution is 2.25. The van der Waals surface area contributed by atoms with Crippen LogP contribution in [0.4, 0.5) is 10.1 Å². The maximum absolute atomic E-state index is 13.6. The van der Waals surface area contributed by atoms with E-state index in [-0.39, 0.29) is 5.82 Å². The molecule has 2 heterocycles. The Bertz CT molecular complexity index is 462. The fraction of sp³-hybridized carbons (Fsp3) is 0.600. The van der Waals surface area contributed by atoms with Crippen LogP contribution < -0.4 is 10.6 Å². The molecular weight excluding hydrogens is 257 g/mol. The van der Waals surface area contributed by atoms with Crippen molar-refractivity contribution in [3.63, 3.8) is 0 Å². The van der Waals surface area contributed by atoms with Crippen LogP contribution in [0.2, 0.25) is 0 Å². The van der Waals surface area contributed by atoms with Crippen LogP contribution in [0.1, 0.15) is 12.0 Å². The van der Waals surface area contributed by atoms with E-state index in [1.165, 1.54) is 6.07 Å². The number of benzene rings is 1. The average molecular weight is 279 g/mol. The zero-order valence-electron chi connectivity index (χ0n) is 11.7. The van der Waals surface area contributed by atoms with Gasteiger partial charge in [-0.25, -0.2) is 4.39 Å². The molecule has 0 spiro atoms. The first-order valence-electron chi connectivity index (χ1n) is 7.32. The van der Waals surface area contributed by atoms with E-state index in [9.17, 15) is 4.39 Å². The molecule has 0 bridgehead atoms. The summed E-state index contributed by atoms with van der Waals surface area (Å²) in [6, 6.07) is 5.69. The molecule has 0 saturated carbocycles. The normalized spacial score (nSPS) is 24.3. The monoisotopic (exact) mass is 279 g/mol. The van der Waals surface area contributed by atoms with E-state index in [1.54, 1.807) is 6.07 Å². The SMILES string of the molecule is NCc1cc(F)cc(N2CCC(N3CCOCC3)C2)c1. The fourth-order valence-electron chi connectivity index (χ4n) is 3.15. The zero-order valence-corrected chi connectivity index (χ0v) is 11.7. The van der Waals surface area contributed by atoms with Gasteiger partial charge in [0.25, 0.3) is 0 Å². The minimum atomic E-state index is -0.197. The van der Waals surface area contributed by atoms with Gasteiger partial charge in [-0.05, 0) is 30.2 Å². The summed E-state index contributed by atoms with van der Waals surface area (Å²) >= 11 is 0. The molecule has 3 rings (SSSR count). The molecule has 20 heavy (non-hydrogen) atoms. The van der Waals surface area contributed by atoms with Gasteiger partial charge < -0.3 is 15.4 Å². The van der Waals surface area contributed by atoms with Crippen molar-refractivity contribution in [3.8, 4) is 0 Å². The van der Waals surface area contributed by atoms with Gasteiger partial charge >= 0.3 is 0 Å². The van der Waals surface area contributed by atoms with Crippen molar-refractivity contribution in [1.29, 1.82) is 0 Å². The molecule has 1 unspecified atom stereocenters. The van der Waals surface area contributed by atoms with Crippen LogP contribution in [0.3, 0.4) is 0 Å². The lowest BCUT2D eigenvalue weighted by atomic mass is 10.2. The molecule has 0 aromatic heterocycles. The third kappa shape index (κ3) is 2.95. The van der Waals surface area contributed by atoms with Crippen molar-refractivity contribution in [1.82, 2.24) is 4.90 Å². The molecule has 2 fully saturated rings. The number of hydrogen-bond donors (Lipinski definition) is 1. The van der Waals surface area contributed by atoms with Gasteiger partial charge in [0.15, 0.2) is 0 Å². The predicted molar refractivity (Wildman–Crippen MR) is 77.3 cm³/mol. The van der Waals surface area contributed by atoms with Gasteiger partial charge in [0.05, 0.1) is 13.2 Å². The second-order valence-electron chi connectivity index (χ2n) is 5.56. The predicted octanol–water partition coefficient (Wildman–Crippen LogP) is 1.20. The molecule has 0 aliphatic carbocycles. The second-order valence-corrected chi connectivity index (χ2v) is 5.56. The van der Waals surface area contributed by atoms with Crippen LogP contribution in [0, 0.1) is 5.82 Å². The molecule has 2 aliphatic heterocycles. The number of nitrogens with two attached hydrogens (primary N) is 1. The van der Waals surface area contributed by atoms with Crippen LogP contribution in [0.25, 0.3) is 0 Å². The topological polar surface area (TPSA) is 41.7 Å². The van der Waals surface area contributed by atoms with Crippen LogP contribution >= 0.6 is 0 Å². The number of morpholine rings is 1. The number of rotatable bonds is 3. The Morgan fingerprint density at radius 1 is 1.20 bits per heavy atom. The summed E-state index contributed by atoms with van der Waals surface area (Å²) in [4.78, 5) is 4.76. The molecule has 5 heteroatoms. The maximum atomic E-state index is 13.6. The van der Waals surface area contributed by atoms with Crippen molar-refractivity contribution in [2.24, 2.45) is 5.73 Å². The third-order valence-corrected chi connectivity index (χ3v) is 4.27. The lowest BCUT2D eigenvalue weighted by Gasteiger charge is -2.32. The molecule has 1 aromatic rings. The van der Waals surface area contributed by atoms with Gasteiger partial charge in [-0.1, -0.05) is 0 Å². The number of ether oxygens (including phenoxy) is 1. The van der Waals surface area contributed by atoms with E-state index in [0.29, 0.717) is 12.6 Å². The van der Waals surface area contributed by atoms with E-state index < -0.39 is 0 Å². The summed E-state index contributed by atoms with van der Waals surface area (Å²) in [5.41, 5.74) is 7.44. The minimum absolute atomic E-state index is 0.197. The summed E-state index contributed by atoms with van der Waals surface area (Å²) in [7, 11) is 0. The Morgan fingerprint density at radius 3 is 2.75 bits per heavy atom.